The van der Waals surface area contributed by atoms with Gasteiger partial charge in [-0.1, -0.05) is 104 Å². The molecule has 1 rings (SSSR count). The second-order valence-electron chi connectivity index (χ2n) is 9.03. The van der Waals surface area contributed by atoms with Gasteiger partial charge in [-0.2, -0.15) is 0 Å². The van der Waals surface area contributed by atoms with Gasteiger partial charge in [0.2, 0.25) is 0 Å². The highest BCUT2D eigenvalue weighted by Gasteiger charge is 2.13. The Balaban J connectivity index is 2.41. The van der Waals surface area contributed by atoms with Gasteiger partial charge in [0.1, 0.15) is 0 Å². The van der Waals surface area contributed by atoms with Crippen molar-refractivity contribution in [2.45, 2.75) is 124 Å². The van der Waals surface area contributed by atoms with E-state index in [0.717, 1.165) is 18.6 Å². The van der Waals surface area contributed by atoms with Crippen LogP contribution in [0, 0.1) is 0 Å². The summed E-state index contributed by atoms with van der Waals surface area (Å²) in [6.45, 7) is 8.02. The van der Waals surface area contributed by atoms with Crippen molar-refractivity contribution in [2.24, 2.45) is 0 Å². The Labute approximate surface area is 203 Å². The molecule has 33 heavy (non-hydrogen) atoms. The molecule has 0 saturated heterocycles. The first-order valence-corrected chi connectivity index (χ1v) is 13.8. The lowest BCUT2D eigenvalue weighted by molar-refractivity contribution is 0.0525. The predicted molar refractivity (Wildman–Crippen MR) is 139 cm³/mol. The molecule has 0 aliphatic carbocycles. The van der Waals surface area contributed by atoms with Crippen LogP contribution in [-0.4, -0.2) is 25.8 Å². The van der Waals surface area contributed by atoms with E-state index >= 15 is 0 Å². The van der Waals surface area contributed by atoms with E-state index in [4.69, 9.17) is 14.2 Å². The summed E-state index contributed by atoms with van der Waals surface area (Å²) < 4.78 is 17.2. The SMILES string of the molecule is CCCCCCCCCCOc1ccc(C(=O)OCC)cc1OCCCCCCCCCC. The first-order chi connectivity index (χ1) is 16.2. The monoisotopic (exact) mass is 462 g/mol. The van der Waals surface area contributed by atoms with Gasteiger partial charge in [0.15, 0.2) is 11.5 Å². The van der Waals surface area contributed by atoms with E-state index in [-0.39, 0.29) is 5.97 Å². The molecule has 0 spiro atoms. The molecular formula is C29H50O4. The van der Waals surface area contributed by atoms with Crippen LogP contribution in [-0.2, 0) is 4.74 Å². The van der Waals surface area contributed by atoms with E-state index < -0.39 is 0 Å². The molecule has 4 heteroatoms. The Morgan fingerprint density at radius 3 is 1.55 bits per heavy atom. The number of rotatable bonds is 22. The van der Waals surface area contributed by atoms with E-state index in [1.165, 1.54) is 89.9 Å². The maximum Gasteiger partial charge on any atom is 0.338 e. The second-order valence-corrected chi connectivity index (χ2v) is 9.03. The van der Waals surface area contributed by atoms with Crippen LogP contribution in [0.2, 0.25) is 0 Å². The molecule has 0 amide bonds. The molecule has 0 aliphatic heterocycles. The van der Waals surface area contributed by atoms with Crippen LogP contribution in [0.5, 0.6) is 11.5 Å². The van der Waals surface area contributed by atoms with E-state index in [2.05, 4.69) is 13.8 Å². The Kier molecular flexibility index (Phi) is 18.5. The molecule has 0 aromatic heterocycles. The molecule has 1 aromatic rings. The average Bonchev–Trinajstić information content (AvgIpc) is 2.82. The molecule has 0 N–H and O–H groups in total. The van der Waals surface area contributed by atoms with Crippen molar-refractivity contribution in [3.05, 3.63) is 23.8 Å². The van der Waals surface area contributed by atoms with Crippen molar-refractivity contribution in [3.63, 3.8) is 0 Å². The Hall–Kier alpha value is -1.71. The highest BCUT2D eigenvalue weighted by atomic mass is 16.5. The van der Waals surface area contributed by atoms with Crippen molar-refractivity contribution in [2.75, 3.05) is 19.8 Å². The van der Waals surface area contributed by atoms with Crippen molar-refractivity contribution in [1.29, 1.82) is 0 Å². The summed E-state index contributed by atoms with van der Waals surface area (Å²) in [6, 6.07) is 5.39. The standard InChI is InChI=1S/C29H50O4/c1-4-7-9-11-13-15-17-19-23-32-27-22-21-26(29(30)31-6-3)25-28(27)33-24-20-18-16-14-12-10-8-5-2/h21-22,25H,4-20,23-24H2,1-3H3. The highest BCUT2D eigenvalue weighted by Crippen LogP contribution is 2.29. The van der Waals surface area contributed by atoms with Crippen molar-refractivity contribution in [1.82, 2.24) is 0 Å². The molecule has 1 aromatic carbocycles. The largest absolute Gasteiger partial charge is 0.490 e. The maximum atomic E-state index is 12.1. The number of esters is 1. The van der Waals surface area contributed by atoms with Crippen LogP contribution >= 0.6 is 0 Å². The molecule has 0 unspecified atom stereocenters. The molecule has 0 atom stereocenters. The number of carbonyl (C=O) groups excluding carboxylic acids is 1. The van der Waals surface area contributed by atoms with E-state index in [9.17, 15) is 4.79 Å². The first-order valence-electron chi connectivity index (χ1n) is 13.8. The molecule has 190 valence electrons. The topological polar surface area (TPSA) is 44.8 Å². The van der Waals surface area contributed by atoms with Crippen molar-refractivity contribution < 1.29 is 19.0 Å². The van der Waals surface area contributed by atoms with Crippen molar-refractivity contribution in [3.8, 4) is 11.5 Å². The smallest absolute Gasteiger partial charge is 0.338 e. The Morgan fingerprint density at radius 2 is 1.06 bits per heavy atom. The summed E-state index contributed by atoms with van der Waals surface area (Å²) in [4.78, 5) is 12.1. The van der Waals surface area contributed by atoms with Crippen LogP contribution in [0.1, 0.15) is 134 Å². The Bertz CT molecular complexity index is 599. The van der Waals surface area contributed by atoms with E-state index in [0.29, 0.717) is 31.1 Å². The lowest BCUT2D eigenvalue weighted by Crippen LogP contribution is -2.07. The third-order valence-corrected chi connectivity index (χ3v) is 5.97. The summed E-state index contributed by atoms with van der Waals surface area (Å²) >= 11 is 0. The van der Waals surface area contributed by atoms with Crippen LogP contribution in [0.15, 0.2) is 18.2 Å². The number of hydrogen-bond acceptors (Lipinski definition) is 4. The molecule has 0 radical (unpaired) electrons. The third-order valence-electron chi connectivity index (χ3n) is 5.97. The summed E-state index contributed by atoms with van der Waals surface area (Å²) in [6.07, 6.45) is 20.3. The number of hydrogen-bond donors (Lipinski definition) is 0. The van der Waals surface area contributed by atoms with Crippen LogP contribution in [0.25, 0.3) is 0 Å². The molecule has 0 aliphatic rings. The molecule has 0 fully saturated rings. The quantitative estimate of drug-likeness (QED) is 0.127. The summed E-state index contributed by atoms with van der Waals surface area (Å²) in [7, 11) is 0. The molecule has 0 bridgehead atoms. The summed E-state index contributed by atoms with van der Waals surface area (Å²) in [5.74, 6) is 1.07. The zero-order valence-electron chi connectivity index (χ0n) is 21.8. The zero-order valence-corrected chi connectivity index (χ0v) is 21.8. The fourth-order valence-electron chi connectivity index (χ4n) is 3.92. The molecule has 4 nitrogen and oxygen atoms in total. The van der Waals surface area contributed by atoms with Crippen LogP contribution in [0.3, 0.4) is 0 Å². The maximum absolute atomic E-state index is 12.1. The van der Waals surface area contributed by atoms with E-state index in [1.54, 1.807) is 12.1 Å². The number of benzene rings is 1. The zero-order chi connectivity index (χ0) is 24.0. The molecular weight excluding hydrogens is 412 g/mol. The predicted octanol–water partition coefficient (Wildman–Crippen LogP) is 8.90. The third kappa shape index (κ3) is 14.9. The normalized spacial score (nSPS) is 10.9. The Morgan fingerprint density at radius 1 is 0.606 bits per heavy atom. The van der Waals surface area contributed by atoms with Gasteiger partial charge >= 0.3 is 5.97 Å². The minimum Gasteiger partial charge on any atom is -0.490 e. The van der Waals surface area contributed by atoms with Crippen LogP contribution in [0.4, 0.5) is 0 Å². The van der Waals surface area contributed by atoms with Crippen molar-refractivity contribution >= 4 is 5.97 Å². The molecule has 0 saturated carbocycles. The number of carbonyl (C=O) groups is 1. The molecule has 0 heterocycles. The lowest BCUT2D eigenvalue weighted by atomic mass is 10.1. The van der Waals surface area contributed by atoms with Gasteiger partial charge in [0.25, 0.3) is 0 Å². The van der Waals surface area contributed by atoms with Gasteiger partial charge in [0, 0.05) is 0 Å². The van der Waals surface area contributed by atoms with E-state index in [1.807, 2.05) is 13.0 Å². The number of unbranched alkanes of at least 4 members (excludes halogenated alkanes) is 14. The average molecular weight is 463 g/mol. The first kappa shape index (κ1) is 29.3. The van der Waals surface area contributed by atoms with Gasteiger partial charge in [-0.25, -0.2) is 4.79 Å². The fraction of sp³-hybridized carbons (Fsp3) is 0.759. The van der Waals surface area contributed by atoms with Gasteiger partial charge in [-0.05, 0) is 38.0 Å². The minimum atomic E-state index is -0.316. The summed E-state index contributed by atoms with van der Waals surface area (Å²) in [5, 5.41) is 0. The lowest BCUT2D eigenvalue weighted by Gasteiger charge is -2.14. The van der Waals surface area contributed by atoms with Gasteiger partial charge in [-0.15, -0.1) is 0 Å². The van der Waals surface area contributed by atoms with Gasteiger partial charge in [0.05, 0.1) is 25.4 Å². The van der Waals surface area contributed by atoms with Gasteiger partial charge < -0.3 is 14.2 Å². The second kappa shape index (κ2) is 20.9. The summed E-state index contributed by atoms with van der Waals surface area (Å²) in [5.41, 5.74) is 0.516. The highest BCUT2D eigenvalue weighted by molar-refractivity contribution is 5.90. The van der Waals surface area contributed by atoms with Crippen LogP contribution < -0.4 is 9.47 Å². The fourth-order valence-corrected chi connectivity index (χ4v) is 3.92. The number of ether oxygens (including phenoxy) is 3. The minimum absolute atomic E-state index is 0.316. The van der Waals surface area contributed by atoms with Gasteiger partial charge in [-0.3, -0.25) is 0 Å².